The van der Waals surface area contributed by atoms with E-state index in [-0.39, 0.29) is 6.73 Å². The van der Waals surface area contributed by atoms with Gasteiger partial charge in [0.15, 0.2) is 6.73 Å². The highest BCUT2D eigenvalue weighted by atomic mass is 35.5. The van der Waals surface area contributed by atoms with Crippen molar-refractivity contribution in [2.24, 2.45) is 15.1 Å². The molecule has 2 heterocycles. The molecule has 0 spiro atoms. The predicted molar refractivity (Wildman–Crippen MR) is 148 cm³/mol. The number of rotatable bonds is 13. The van der Waals surface area contributed by atoms with Gasteiger partial charge >= 0.3 is 0 Å². The number of H-pyrrole nitrogens is 1. The normalized spacial score (nSPS) is 15.5. The summed E-state index contributed by atoms with van der Waals surface area (Å²) in [6, 6.07) is 5.83. The van der Waals surface area contributed by atoms with Gasteiger partial charge in [-0.2, -0.15) is 5.10 Å². The summed E-state index contributed by atoms with van der Waals surface area (Å²) in [7, 11) is 1.73. The van der Waals surface area contributed by atoms with Crippen molar-refractivity contribution in [3.63, 3.8) is 0 Å². The molecule has 3 N–H and O–H groups in total. The van der Waals surface area contributed by atoms with Crippen LogP contribution in [0.1, 0.15) is 5.69 Å². The fraction of sp³-hybridized carbons (Fsp3) is 0.400. The highest BCUT2D eigenvalue weighted by Gasteiger charge is 2.19. The molecule has 0 saturated carbocycles. The number of fused-ring (bicyclic) bond motifs is 1. The SMILES string of the molecule is C=NN/C=C\CN/C(=C/C(=N\COc1ccc2[nH]c(C)cc2c1Cl)N1CCN(CCOC)CC1)N=C. The van der Waals surface area contributed by atoms with E-state index in [1.54, 1.807) is 13.3 Å². The molecule has 1 aromatic carbocycles. The first kappa shape index (κ1) is 27.3. The number of methoxy groups -OCH3 is 1. The molecule has 1 aromatic heterocycles. The minimum atomic E-state index is 0.115. The Balaban J connectivity index is 1.73. The Kier molecular flexibility index (Phi) is 10.8. The van der Waals surface area contributed by atoms with E-state index >= 15 is 0 Å². The molecule has 36 heavy (non-hydrogen) atoms. The van der Waals surface area contributed by atoms with Crippen molar-refractivity contribution in [1.29, 1.82) is 0 Å². The maximum atomic E-state index is 6.59. The number of aromatic nitrogens is 1. The van der Waals surface area contributed by atoms with Crippen LogP contribution in [-0.2, 0) is 4.74 Å². The van der Waals surface area contributed by atoms with Gasteiger partial charge in [0.25, 0.3) is 0 Å². The first-order chi connectivity index (χ1) is 17.5. The van der Waals surface area contributed by atoms with Crippen molar-refractivity contribution in [2.75, 3.05) is 59.7 Å². The van der Waals surface area contributed by atoms with Crippen LogP contribution in [0.5, 0.6) is 5.75 Å². The highest BCUT2D eigenvalue weighted by Crippen LogP contribution is 2.33. The number of nitrogens with one attached hydrogen (secondary N) is 3. The maximum absolute atomic E-state index is 6.59. The minimum Gasteiger partial charge on any atom is -0.470 e. The van der Waals surface area contributed by atoms with Gasteiger partial charge in [0, 0.05) is 82.0 Å². The summed E-state index contributed by atoms with van der Waals surface area (Å²) in [5.41, 5.74) is 4.68. The Labute approximate surface area is 217 Å². The Morgan fingerprint density at radius 1 is 1.25 bits per heavy atom. The molecule has 1 fully saturated rings. The Bertz CT molecular complexity index is 1100. The molecule has 0 radical (unpaired) electrons. The quantitative estimate of drug-likeness (QED) is 0.216. The third-order valence-electron chi connectivity index (χ3n) is 5.71. The summed E-state index contributed by atoms with van der Waals surface area (Å²) in [5.74, 6) is 1.96. The van der Waals surface area contributed by atoms with Crippen molar-refractivity contribution < 1.29 is 9.47 Å². The number of nitrogens with zero attached hydrogens (tertiary/aromatic N) is 5. The summed E-state index contributed by atoms with van der Waals surface area (Å²) in [6.07, 6.45) is 5.44. The molecular weight excluding hydrogens is 480 g/mol. The van der Waals surface area contributed by atoms with Crippen LogP contribution in [0.25, 0.3) is 10.9 Å². The lowest BCUT2D eigenvalue weighted by molar-refractivity contribution is 0.120. The lowest BCUT2D eigenvalue weighted by atomic mass is 10.2. The third-order valence-corrected chi connectivity index (χ3v) is 6.10. The molecule has 1 saturated heterocycles. The molecule has 11 heteroatoms. The van der Waals surface area contributed by atoms with Crippen LogP contribution in [0, 0.1) is 6.92 Å². The molecule has 1 aliphatic rings. The van der Waals surface area contributed by atoms with E-state index in [0.29, 0.717) is 23.1 Å². The van der Waals surface area contributed by atoms with Crippen molar-refractivity contribution in [3.05, 3.63) is 53.1 Å². The number of amidine groups is 1. The fourth-order valence-corrected chi connectivity index (χ4v) is 4.10. The van der Waals surface area contributed by atoms with Crippen LogP contribution < -0.4 is 15.5 Å². The van der Waals surface area contributed by atoms with Crippen LogP contribution >= 0.6 is 11.6 Å². The number of benzene rings is 1. The second kappa shape index (κ2) is 14.3. The van der Waals surface area contributed by atoms with E-state index in [0.717, 1.165) is 61.8 Å². The number of hydrogen-bond acceptors (Lipinski definition) is 8. The molecule has 0 aliphatic carbocycles. The molecule has 0 amide bonds. The Morgan fingerprint density at radius 3 is 2.78 bits per heavy atom. The topological polar surface area (TPSA) is 102 Å². The van der Waals surface area contributed by atoms with Crippen molar-refractivity contribution in [1.82, 2.24) is 25.5 Å². The summed E-state index contributed by atoms with van der Waals surface area (Å²) >= 11 is 6.59. The van der Waals surface area contributed by atoms with E-state index in [9.17, 15) is 0 Å². The number of aryl methyl sites for hydroxylation is 1. The zero-order chi connectivity index (χ0) is 25.8. The molecule has 1 aliphatic heterocycles. The number of halogens is 1. The van der Waals surface area contributed by atoms with Crippen LogP contribution in [0.2, 0.25) is 5.02 Å². The molecule has 0 unspecified atom stereocenters. The first-order valence-corrected chi connectivity index (χ1v) is 12.1. The van der Waals surface area contributed by atoms with Crippen LogP contribution in [0.15, 0.2) is 57.5 Å². The molecule has 0 bridgehead atoms. The van der Waals surface area contributed by atoms with E-state index < -0.39 is 0 Å². The third kappa shape index (κ3) is 7.84. The van der Waals surface area contributed by atoms with Gasteiger partial charge in [0.1, 0.15) is 17.4 Å². The van der Waals surface area contributed by atoms with Gasteiger partial charge in [-0.25, -0.2) is 9.98 Å². The second-order valence-corrected chi connectivity index (χ2v) is 8.54. The highest BCUT2D eigenvalue weighted by molar-refractivity contribution is 6.37. The molecule has 2 aromatic rings. The molecule has 3 rings (SSSR count). The van der Waals surface area contributed by atoms with Gasteiger partial charge in [0.2, 0.25) is 0 Å². The zero-order valence-corrected chi connectivity index (χ0v) is 21.7. The summed E-state index contributed by atoms with van der Waals surface area (Å²) in [4.78, 5) is 16.8. The Morgan fingerprint density at radius 2 is 2.06 bits per heavy atom. The number of hydrogen-bond donors (Lipinski definition) is 3. The van der Waals surface area contributed by atoms with Crippen molar-refractivity contribution >= 4 is 41.8 Å². The van der Waals surface area contributed by atoms with Crippen LogP contribution in [0.4, 0.5) is 0 Å². The van der Waals surface area contributed by atoms with Gasteiger partial charge in [0.05, 0.1) is 11.6 Å². The summed E-state index contributed by atoms with van der Waals surface area (Å²) < 4.78 is 11.2. The van der Waals surface area contributed by atoms with E-state index in [2.05, 4.69) is 49.1 Å². The van der Waals surface area contributed by atoms with E-state index in [4.69, 9.17) is 26.1 Å². The van der Waals surface area contributed by atoms with E-state index in [1.165, 1.54) is 0 Å². The monoisotopic (exact) mass is 514 g/mol. The van der Waals surface area contributed by atoms with Crippen molar-refractivity contribution in [2.45, 2.75) is 6.92 Å². The summed E-state index contributed by atoms with van der Waals surface area (Å²) in [5, 5.41) is 8.28. The number of aromatic amines is 1. The maximum Gasteiger partial charge on any atom is 0.181 e. The minimum absolute atomic E-state index is 0.115. The van der Waals surface area contributed by atoms with Gasteiger partial charge in [-0.15, -0.1) is 0 Å². The first-order valence-electron chi connectivity index (χ1n) is 11.8. The average Bonchev–Trinajstić information content (AvgIpc) is 3.28. The smallest absolute Gasteiger partial charge is 0.181 e. The van der Waals surface area contributed by atoms with Gasteiger partial charge < -0.3 is 24.7 Å². The van der Waals surface area contributed by atoms with Crippen LogP contribution in [-0.4, -0.2) is 93.8 Å². The van der Waals surface area contributed by atoms with Gasteiger partial charge in [-0.3, -0.25) is 10.3 Å². The zero-order valence-electron chi connectivity index (χ0n) is 21.0. The van der Waals surface area contributed by atoms with Gasteiger partial charge in [-0.1, -0.05) is 11.6 Å². The molecular formula is C25H35ClN8O2. The average molecular weight is 515 g/mol. The van der Waals surface area contributed by atoms with Crippen LogP contribution in [0.3, 0.4) is 0 Å². The molecule has 10 nitrogen and oxygen atoms in total. The largest absolute Gasteiger partial charge is 0.470 e. The number of ether oxygens (including phenoxy) is 2. The van der Waals surface area contributed by atoms with Gasteiger partial charge in [-0.05, 0) is 37.9 Å². The lowest BCUT2D eigenvalue weighted by Gasteiger charge is -2.35. The number of piperazine rings is 1. The number of aliphatic imine (C=N–C) groups is 2. The molecule has 0 atom stereocenters. The molecule has 194 valence electrons. The lowest BCUT2D eigenvalue weighted by Crippen LogP contribution is -2.49. The number of hydrazone groups is 1. The second-order valence-electron chi connectivity index (χ2n) is 8.16. The Hall–Kier alpha value is -3.34. The van der Waals surface area contributed by atoms with Crippen molar-refractivity contribution in [3.8, 4) is 5.75 Å². The fourth-order valence-electron chi connectivity index (χ4n) is 3.83. The van der Waals surface area contributed by atoms with E-state index in [1.807, 2.05) is 37.3 Å². The summed E-state index contributed by atoms with van der Waals surface area (Å²) in [6.45, 7) is 14.8. The standard InChI is InChI=1S/C25H35ClN8O2/c1-19-16-20-21(32-19)6-7-22(25(20)26)36-18-30-24(17-23(27-2)29-8-5-9-31-28-3)34-12-10-33(11-13-34)14-15-35-4/h5-7,9,16-17,29,31-32H,2-3,8,10-15,18H2,1,4H3/b9-5-,23-17+,30-24+. The predicted octanol–water partition coefficient (Wildman–Crippen LogP) is 2.98.